The Balaban J connectivity index is 2.04. The number of rotatable bonds is 4. The predicted octanol–water partition coefficient (Wildman–Crippen LogP) is 3.84. The van der Waals surface area contributed by atoms with E-state index in [9.17, 15) is 34.8 Å². The topological polar surface area (TPSA) is 101 Å². The van der Waals surface area contributed by atoms with Crippen molar-refractivity contribution in [2.45, 2.75) is 31.3 Å². The van der Waals surface area contributed by atoms with Gasteiger partial charge in [0.2, 0.25) is 15.9 Å². The van der Waals surface area contributed by atoms with Crippen molar-refractivity contribution in [2.24, 2.45) is 0 Å². The lowest BCUT2D eigenvalue weighted by molar-refractivity contribution is -0.137. The molecule has 1 aliphatic heterocycles. The van der Waals surface area contributed by atoms with Gasteiger partial charge in [-0.25, -0.2) is 21.1 Å². The van der Waals surface area contributed by atoms with Crippen LogP contribution in [0.1, 0.15) is 23.1 Å². The number of amides is 1. The highest BCUT2D eigenvalue weighted by Gasteiger charge is 2.37. The molecule has 0 bridgehead atoms. The van der Waals surface area contributed by atoms with Gasteiger partial charge in [0.15, 0.2) is 0 Å². The molecule has 13 heteroatoms. The highest BCUT2D eigenvalue weighted by Crippen LogP contribution is 2.36. The number of benzene rings is 2. The number of anilines is 2. The normalized spacial score (nSPS) is 16.6. The van der Waals surface area contributed by atoms with Gasteiger partial charge in [0.05, 0.1) is 32.6 Å². The number of aryl methyl sites for hydroxylation is 2. The number of carbonyl (C=O) groups is 1. The SMILES string of the molecule is Cc1cc(N2C(=O)CCS2(=O)=O)cc(C)c1S(=O)(=O)Nc1cc(C(F)(F)F)ccc1Cl. The Bertz CT molecular complexity index is 1270. The molecule has 0 aliphatic carbocycles. The van der Waals surface area contributed by atoms with E-state index in [1.165, 1.54) is 26.0 Å². The zero-order chi connectivity index (χ0) is 23.4. The first-order chi connectivity index (χ1) is 14.1. The van der Waals surface area contributed by atoms with Crippen LogP contribution in [0.15, 0.2) is 35.2 Å². The number of carbonyl (C=O) groups excluding carboxylic acids is 1. The van der Waals surface area contributed by atoms with Crippen molar-refractivity contribution < 1.29 is 34.8 Å². The van der Waals surface area contributed by atoms with Gasteiger partial charge in [0, 0.05) is 6.42 Å². The lowest BCUT2D eigenvalue weighted by atomic mass is 10.1. The molecule has 0 aromatic heterocycles. The average molecular weight is 497 g/mol. The summed E-state index contributed by atoms with van der Waals surface area (Å²) in [7, 11) is -8.25. The Morgan fingerprint density at radius 2 is 1.68 bits per heavy atom. The Kier molecular flexibility index (Phi) is 5.78. The number of alkyl halides is 3. The summed E-state index contributed by atoms with van der Waals surface area (Å²) in [4.78, 5) is 11.7. The minimum absolute atomic E-state index is 0.00597. The number of halogens is 4. The van der Waals surface area contributed by atoms with Crippen molar-refractivity contribution >= 4 is 48.9 Å². The van der Waals surface area contributed by atoms with Crippen LogP contribution in [-0.4, -0.2) is 28.5 Å². The van der Waals surface area contributed by atoms with Gasteiger partial charge < -0.3 is 0 Å². The van der Waals surface area contributed by atoms with E-state index in [-0.39, 0.29) is 38.9 Å². The summed E-state index contributed by atoms with van der Waals surface area (Å²) in [5.41, 5.74) is -1.36. The summed E-state index contributed by atoms with van der Waals surface area (Å²) < 4.78 is 91.7. The summed E-state index contributed by atoms with van der Waals surface area (Å²) in [5.74, 6) is -0.983. The molecule has 1 fully saturated rings. The Morgan fingerprint density at radius 1 is 1.10 bits per heavy atom. The van der Waals surface area contributed by atoms with E-state index >= 15 is 0 Å². The second-order valence-electron chi connectivity index (χ2n) is 6.93. The molecular weight excluding hydrogens is 481 g/mol. The van der Waals surface area contributed by atoms with Gasteiger partial charge in [-0.2, -0.15) is 13.2 Å². The monoisotopic (exact) mass is 496 g/mol. The molecule has 0 spiro atoms. The van der Waals surface area contributed by atoms with Crippen LogP contribution in [0.25, 0.3) is 0 Å². The second-order valence-corrected chi connectivity index (χ2v) is 10.9. The van der Waals surface area contributed by atoms with Crippen molar-refractivity contribution in [3.8, 4) is 0 Å². The number of hydrogen-bond acceptors (Lipinski definition) is 5. The van der Waals surface area contributed by atoms with Crippen LogP contribution in [0.2, 0.25) is 5.02 Å². The third-order valence-electron chi connectivity index (χ3n) is 4.56. The number of nitrogens with one attached hydrogen (secondary N) is 1. The fourth-order valence-electron chi connectivity index (χ4n) is 3.31. The summed E-state index contributed by atoms with van der Waals surface area (Å²) in [6.07, 6.45) is -4.89. The summed E-state index contributed by atoms with van der Waals surface area (Å²) in [6.45, 7) is 2.76. The van der Waals surface area contributed by atoms with Crippen molar-refractivity contribution in [1.82, 2.24) is 0 Å². The molecule has 0 unspecified atom stereocenters. The third kappa shape index (κ3) is 4.51. The molecule has 2 aromatic rings. The molecule has 0 radical (unpaired) electrons. The quantitative estimate of drug-likeness (QED) is 0.693. The van der Waals surface area contributed by atoms with Crippen LogP contribution in [0.5, 0.6) is 0 Å². The molecule has 1 heterocycles. The predicted molar refractivity (Wildman–Crippen MR) is 109 cm³/mol. The maximum absolute atomic E-state index is 13.0. The van der Waals surface area contributed by atoms with E-state index in [1.54, 1.807) is 0 Å². The van der Waals surface area contributed by atoms with Crippen molar-refractivity contribution in [3.63, 3.8) is 0 Å². The Morgan fingerprint density at radius 3 is 2.16 bits per heavy atom. The molecule has 31 heavy (non-hydrogen) atoms. The van der Waals surface area contributed by atoms with E-state index < -0.39 is 43.4 Å². The second kappa shape index (κ2) is 7.68. The van der Waals surface area contributed by atoms with Crippen molar-refractivity contribution in [2.75, 3.05) is 14.8 Å². The number of sulfonamides is 2. The molecule has 2 aromatic carbocycles. The van der Waals surface area contributed by atoms with Gasteiger partial charge >= 0.3 is 6.18 Å². The summed E-state index contributed by atoms with van der Waals surface area (Å²) in [6, 6.07) is 4.66. The number of hydrogen-bond donors (Lipinski definition) is 1. The molecule has 7 nitrogen and oxygen atoms in total. The van der Waals surface area contributed by atoms with Gasteiger partial charge in [-0.3, -0.25) is 9.52 Å². The van der Waals surface area contributed by atoms with Gasteiger partial charge in [0.1, 0.15) is 0 Å². The van der Waals surface area contributed by atoms with E-state index in [2.05, 4.69) is 4.72 Å². The zero-order valence-electron chi connectivity index (χ0n) is 16.1. The molecular formula is C18H16ClF3N2O5S2. The van der Waals surface area contributed by atoms with Crippen LogP contribution in [0.4, 0.5) is 24.5 Å². The average Bonchev–Trinajstić information content (AvgIpc) is 2.87. The fraction of sp³-hybridized carbons (Fsp3) is 0.278. The molecule has 1 saturated heterocycles. The molecule has 1 N–H and O–H groups in total. The first kappa shape index (κ1) is 23.4. The lowest BCUT2D eigenvalue weighted by Crippen LogP contribution is -2.29. The summed E-state index contributed by atoms with van der Waals surface area (Å²) >= 11 is 5.87. The molecule has 168 valence electrons. The zero-order valence-corrected chi connectivity index (χ0v) is 18.5. The molecule has 1 aliphatic rings. The molecule has 0 saturated carbocycles. The summed E-state index contributed by atoms with van der Waals surface area (Å²) in [5, 5.41) is -0.239. The van der Waals surface area contributed by atoms with Crippen LogP contribution in [-0.2, 0) is 31.0 Å². The first-order valence-corrected chi connectivity index (χ1v) is 12.2. The molecule has 3 rings (SSSR count). The Hall–Kier alpha value is -2.31. The van der Waals surface area contributed by atoms with Crippen LogP contribution < -0.4 is 9.03 Å². The van der Waals surface area contributed by atoms with Crippen molar-refractivity contribution in [1.29, 1.82) is 0 Å². The highest BCUT2D eigenvalue weighted by atomic mass is 35.5. The standard InChI is InChI=1S/C18H16ClF3N2O5S2/c1-10-7-13(24-16(25)5-6-30(24,26)27)8-11(2)17(10)31(28,29)23-15-9-12(18(20,21)22)3-4-14(15)19/h3-4,7-9,23H,5-6H2,1-2H3. The highest BCUT2D eigenvalue weighted by molar-refractivity contribution is 7.94. The minimum Gasteiger partial charge on any atom is -0.278 e. The molecule has 1 amide bonds. The van der Waals surface area contributed by atoms with Crippen LogP contribution >= 0.6 is 11.6 Å². The van der Waals surface area contributed by atoms with E-state index in [0.29, 0.717) is 10.4 Å². The van der Waals surface area contributed by atoms with Crippen LogP contribution in [0.3, 0.4) is 0 Å². The van der Waals surface area contributed by atoms with Crippen LogP contribution in [0, 0.1) is 13.8 Å². The lowest BCUT2D eigenvalue weighted by Gasteiger charge is -2.20. The van der Waals surface area contributed by atoms with Gasteiger partial charge in [-0.1, -0.05) is 11.6 Å². The van der Waals surface area contributed by atoms with Gasteiger partial charge in [0.25, 0.3) is 10.0 Å². The van der Waals surface area contributed by atoms with E-state index in [0.717, 1.165) is 12.1 Å². The van der Waals surface area contributed by atoms with Gasteiger partial charge in [-0.15, -0.1) is 0 Å². The first-order valence-electron chi connectivity index (χ1n) is 8.70. The largest absolute Gasteiger partial charge is 0.416 e. The van der Waals surface area contributed by atoms with Gasteiger partial charge in [-0.05, 0) is 55.3 Å². The molecule has 0 atom stereocenters. The third-order valence-corrected chi connectivity index (χ3v) is 8.26. The van der Waals surface area contributed by atoms with Crippen molar-refractivity contribution in [3.05, 3.63) is 52.0 Å². The maximum Gasteiger partial charge on any atom is 0.416 e. The number of nitrogens with zero attached hydrogens (tertiary/aromatic N) is 1. The maximum atomic E-state index is 13.0. The van der Waals surface area contributed by atoms with E-state index in [4.69, 9.17) is 11.6 Å². The van der Waals surface area contributed by atoms with E-state index in [1.807, 2.05) is 0 Å². The smallest absolute Gasteiger partial charge is 0.278 e. The Labute approximate surface area is 181 Å². The fourth-order valence-corrected chi connectivity index (χ4v) is 6.50. The minimum atomic E-state index is -4.70.